The lowest BCUT2D eigenvalue weighted by molar-refractivity contribution is 0.977. The van der Waals surface area contributed by atoms with E-state index in [2.05, 4.69) is 23.5 Å². The maximum Gasteiger partial charge on any atom is 0.118 e. The summed E-state index contributed by atoms with van der Waals surface area (Å²) in [6.07, 6.45) is 1.43. The van der Waals surface area contributed by atoms with Crippen molar-refractivity contribution in [3.05, 3.63) is 24.0 Å². The summed E-state index contributed by atoms with van der Waals surface area (Å²) in [5.41, 5.74) is 0. The maximum absolute atomic E-state index is 5.37. The quantitative estimate of drug-likeness (QED) is 0.597. The van der Waals surface area contributed by atoms with Crippen LogP contribution in [-0.2, 0) is 0 Å². The topological polar surface area (TPSA) is 24.4 Å². The van der Waals surface area contributed by atoms with E-state index in [9.17, 15) is 0 Å². The molecule has 0 saturated heterocycles. The highest BCUT2D eigenvalue weighted by Crippen LogP contribution is 1.92. The van der Waals surface area contributed by atoms with E-state index in [1.807, 2.05) is 0 Å². The average Bonchev–Trinajstić information content (AvgIpc) is 1.83. The molecule has 0 amide bonds. The molecule has 0 heterocycles. The Hall–Kier alpha value is -0.760. The fraction of sp³-hybridized carbons (Fsp3) is 0.167. The van der Waals surface area contributed by atoms with E-state index >= 15 is 0 Å². The molecule has 0 radical (unpaired) electrons. The summed E-state index contributed by atoms with van der Waals surface area (Å²) < 4.78 is 0. The third-order valence-electron chi connectivity index (χ3n) is 0.649. The molecule has 2 nitrogen and oxygen atoms in total. The van der Waals surface area contributed by atoms with Crippen molar-refractivity contribution in [1.29, 1.82) is 0 Å². The van der Waals surface area contributed by atoms with E-state index in [0.29, 0.717) is 10.9 Å². The second-order valence-corrected chi connectivity index (χ2v) is 1.89. The number of halogens is 1. The zero-order valence-electron chi connectivity index (χ0n) is 5.32. The van der Waals surface area contributed by atoms with Gasteiger partial charge in [0.15, 0.2) is 0 Å². The molecule has 0 atom stereocenters. The summed E-state index contributed by atoms with van der Waals surface area (Å²) >= 11 is 5.37. The number of hydrogen-bond acceptors (Lipinski definition) is 2. The molecule has 0 rings (SSSR count). The molecule has 0 aliphatic carbocycles. The molecule has 0 fully saturated rings. The Morgan fingerprint density at radius 2 is 2.22 bits per heavy atom. The van der Waals surface area contributed by atoms with Gasteiger partial charge in [0.2, 0.25) is 0 Å². The fourth-order valence-corrected chi connectivity index (χ4v) is 0.261. The van der Waals surface area contributed by atoms with E-state index in [0.717, 1.165) is 0 Å². The molecular weight excluding hydrogens is 136 g/mol. The predicted molar refractivity (Wildman–Crippen MR) is 41.7 cm³/mol. The molecule has 0 aliphatic rings. The number of rotatable bonds is 3. The Morgan fingerprint density at radius 3 is 2.56 bits per heavy atom. The summed E-state index contributed by atoms with van der Waals surface area (Å²) in [6, 6.07) is 0. The summed E-state index contributed by atoms with van der Waals surface area (Å²) in [5, 5.41) is 3.12. The monoisotopic (exact) mass is 144 g/mol. The summed E-state index contributed by atoms with van der Waals surface area (Å²) in [6.45, 7) is 6.94. The fourth-order valence-electron chi connectivity index (χ4n) is 0.213. The Kier molecular flexibility index (Phi) is 3.80. The third kappa shape index (κ3) is 5.11. The predicted octanol–water partition coefficient (Wildman–Crippen LogP) is 1.50. The van der Waals surface area contributed by atoms with Gasteiger partial charge in [0.1, 0.15) is 5.82 Å². The first-order valence-corrected chi connectivity index (χ1v) is 2.79. The van der Waals surface area contributed by atoms with Gasteiger partial charge in [0, 0.05) is 13.3 Å². The number of aliphatic imine (C=N–C) groups is 1. The standard InChI is InChI=1S/C6H9ClN2/c1-5(7)4-9-6(2)8-3/h4,8H,1-2H2,3H3/b9-4-. The van der Waals surface area contributed by atoms with Crippen molar-refractivity contribution in [3.63, 3.8) is 0 Å². The van der Waals surface area contributed by atoms with Crippen molar-refractivity contribution in [3.8, 4) is 0 Å². The zero-order valence-corrected chi connectivity index (χ0v) is 6.07. The van der Waals surface area contributed by atoms with Crippen LogP contribution in [0.1, 0.15) is 0 Å². The van der Waals surface area contributed by atoms with E-state index < -0.39 is 0 Å². The zero-order chi connectivity index (χ0) is 7.28. The van der Waals surface area contributed by atoms with E-state index in [1.165, 1.54) is 6.21 Å². The normalized spacial score (nSPS) is 9.56. The molecule has 0 unspecified atom stereocenters. The van der Waals surface area contributed by atoms with Crippen molar-refractivity contribution in [1.82, 2.24) is 5.32 Å². The Labute approximate surface area is 59.9 Å². The highest BCUT2D eigenvalue weighted by Gasteiger charge is 1.79. The van der Waals surface area contributed by atoms with Crippen LogP contribution < -0.4 is 5.32 Å². The van der Waals surface area contributed by atoms with Gasteiger partial charge in [-0.05, 0) is 0 Å². The Balaban J connectivity index is 3.71. The van der Waals surface area contributed by atoms with Crippen LogP contribution in [-0.4, -0.2) is 13.3 Å². The second-order valence-electron chi connectivity index (χ2n) is 1.40. The number of nitrogens with one attached hydrogen (secondary N) is 1. The molecule has 0 aliphatic heterocycles. The van der Waals surface area contributed by atoms with Crippen LogP contribution in [0.4, 0.5) is 0 Å². The molecule has 0 bridgehead atoms. The van der Waals surface area contributed by atoms with Crippen molar-refractivity contribution >= 4 is 17.8 Å². The molecule has 0 aromatic rings. The van der Waals surface area contributed by atoms with Crippen molar-refractivity contribution < 1.29 is 0 Å². The van der Waals surface area contributed by atoms with Gasteiger partial charge in [0.25, 0.3) is 0 Å². The van der Waals surface area contributed by atoms with Crippen LogP contribution in [0.15, 0.2) is 29.0 Å². The summed E-state index contributed by atoms with van der Waals surface area (Å²) in [7, 11) is 1.73. The first kappa shape index (κ1) is 8.24. The van der Waals surface area contributed by atoms with Crippen LogP contribution in [0.25, 0.3) is 0 Å². The van der Waals surface area contributed by atoms with Gasteiger partial charge in [0.05, 0.1) is 5.03 Å². The van der Waals surface area contributed by atoms with Crippen LogP contribution in [0.3, 0.4) is 0 Å². The van der Waals surface area contributed by atoms with Crippen LogP contribution in [0, 0.1) is 0 Å². The smallest absolute Gasteiger partial charge is 0.118 e. The minimum Gasteiger partial charge on any atom is -0.374 e. The highest BCUT2D eigenvalue weighted by molar-refractivity contribution is 6.38. The SMILES string of the molecule is C=C(Cl)/C=N\C(=C)NC. The maximum atomic E-state index is 5.37. The van der Waals surface area contributed by atoms with Crippen LogP contribution in [0.5, 0.6) is 0 Å². The van der Waals surface area contributed by atoms with Gasteiger partial charge in [-0.25, -0.2) is 4.99 Å². The largest absolute Gasteiger partial charge is 0.374 e. The van der Waals surface area contributed by atoms with Gasteiger partial charge >= 0.3 is 0 Å². The van der Waals surface area contributed by atoms with Crippen LogP contribution in [0.2, 0.25) is 0 Å². The molecule has 1 N–H and O–H groups in total. The number of hydrogen-bond donors (Lipinski definition) is 1. The van der Waals surface area contributed by atoms with Crippen molar-refractivity contribution in [2.75, 3.05) is 7.05 Å². The summed E-state index contributed by atoms with van der Waals surface area (Å²) in [4.78, 5) is 3.78. The number of allylic oxidation sites excluding steroid dienone is 1. The lowest BCUT2D eigenvalue weighted by atomic mass is 10.7. The second kappa shape index (κ2) is 4.15. The molecule has 50 valence electrons. The Bertz CT molecular complexity index is 149. The first-order chi connectivity index (χ1) is 4.16. The van der Waals surface area contributed by atoms with Crippen LogP contribution >= 0.6 is 11.6 Å². The molecule has 0 spiro atoms. The molecular formula is C6H9ClN2. The lowest BCUT2D eigenvalue weighted by Crippen LogP contribution is -2.00. The minimum atomic E-state index is 0.395. The van der Waals surface area contributed by atoms with Gasteiger partial charge in [-0.15, -0.1) is 0 Å². The van der Waals surface area contributed by atoms with Crippen molar-refractivity contribution in [2.24, 2.45) is 4.99 Å². The summed E-state index contributed by atoms with van der Waals surface area (Å²) in [5.74, 6) is 0.566. The molecule has 0 aromatic carbocycles. The minimum absolute atomic E-state index is 0.395. The molecule has 9 heavy (non-hydrogen) atoms. The third-order valence-corrected chi connectivity index (χ3v) is 0.747. The molecule has 0 saturated carbocycles. The van der Waals surface area contributed by atoms with Gasteiger partial charge in [-0.2, -0.15) is 0 Å². The van der Waals surface area contributed by atoms with E-state index in [1.54, 1.807) is 7.05 Å². The van der Waals surface area contributed by atoms with Gasteiger partial charge in [-0.3, -0.25) is 0 Å². The van der Waals surface area contributed by atoms with Gasteiger partial charge < -0.3 is 5.32 Å². The molecule has 0 aromatic heterocycles. The Morgan fingerprint density at radius 1 is 1.67 bits per heavy atom. The number of nitrogens with zero attached hydrogens (tertiary/aromatic N) is 1. The van der Waals surface area contributed by atoms with Crippen molar-refractivity contribution in [2.45, 2.75) is 0 Å². The highest BCUT2D eigenvalue weighted by atomic mass is 35.5. The first-order valence-electron chi connectivity index (χ1n) is 2.42. The average molecular weight is 145 g/mol. The van der Waals surface area contributed by atoms with E-state index in [4.69, 9.17) is 11.6 Å². The molecule has 3 heteroatoms. The lowest BCUT2D eigenvalue weighted by Gasteiger charge is -1.92. The van der Waals surface area contributed by atoms with E-state index in [-0.39, 0.29) is 0 Å². The van der Waals surface area contributed by atoms with Gasteiger partial charge in [-0.1, -0.05) is 24.8 Å².